The summed E-state index contributed by atoms with van der Waals surface area (Å²) in [6.07, 6.45) is 0.929. The van der Waals surface area contributed by atoms with Crippen molar-refractivity contribution in [2.75, 3.05) is 6.54 Å². The minimum atomic E-state index is 0.146. The van der Waals surface area contributed by atoms with Crippen molar-refractivity contribution in [3.63, 3.8) is 0 Å². The molecule has 0 heterocycles. The van der Waals surface area contributed by atoms with E-state index in [1.54, 1.807) is 0 Å². The zero-order valence-electron chi connectivity index (χ0n) is 13.7. The van der Waals surface area contributed by atoms with Crippen molar-refractivity contribution in [2.24, 2.45) is 0 Å². The Balaban J connectivity index is 2.66. The summed E-state index contributed by atoms with van der Waals surface area (Å²) in [6.45, 7) is 10.7. The molecule has 1 atom stereocenters. The van der Waals surface area contributed by atoms with Gasteiger partial charge in [-0.25, -0.2) is 0 Å². The number of hydrogen-bond donors (Lipinski definition) is 1. The Kier molecular flexibility index (Phi) is 7.20. The lowest BCUT2D eigenvalue weighted by Gasteiger charge is -2.31. The minimum absolute atomic E-state index is 0.146. The molecule has 4 heteroatoms. The molecule has 1 aromatic carbocycles. The minimum Gasteiger partial charge on any atom is -0.337 e. The summed E-state index contributed by atoms with van der Waals surface area (Å²) >= 11 is 5.92. The first-order valence-corrected chi connectivity index (χ1v) is 8.04. The van der Waals surface area contributed by atoms with Crippen LogP contribution in [0.5, 0.6) is 0 Å². The Bertz CT molecular complexity index is 435. The van der Waals surface area contributed by atoms with Gasteiger partial charge < -0.3 is 10.2 Å². The first kappa shape index (κ1) is 18.0. The molecular formula is C17H27ClN2O. The van der Waals surface area contributed by atoms with E-state index in [-0.39, 0.29) is 24.0 Å². The number of halogens is 1. The van der Waals surface area contributed by atoms with Gasteiger partial charge in [-0.2, -0.15) is 0 Å². The molecule has 0 bridgehead atoms. The summed E-state index contributed by atoms with van der Waals surface area (Å²) in [7, 11) is 0. The van der Waals surface area contributed by atoms with E-state index in [9.17, 15) is 4.79 Å². The summed E-state index contributed by atoms with van der Waals surface area (Å²) in [5.74, 6) is 0.146. The monoisotopic (exact) mass is 310 g/mol. The van der Waals surface area contributed by atoms with Gasteiger partial charge >= 0.3 is 0 Å². The molecule has 0 aliphatic heterocycles. The van der Waals surface area contributed by atoms with Crippen LogP contribution < -0.4 is 5.32 Å². The molecule has 21 heavy (non-hydrogen) atoms. The van der Waals surface area contributed by atoms with Gasteiger partial charge in [-0.05, 0) is 51.8 Å². The Morgan fingerprint density at radius 1 is 1.14 bits per heavy atom. The van der Waals surface area contributed by atoms with Crippen molar-refractivity contribution < 1.29 is 4.79 Å². The van der Waals surface area contributed by atoms with Crippen LogP contribution in [0.3, 0.4) is 0 Å². The first-order chi connectivity index (χ1) is 9.86. The molecule has 1 rings (SSSR count). The Labute approximate surface area is 133 Å². The van der Waals surface area contributed by atoms with Crippen LogP contribution in [0.2, 0.25) is 5.02 Å². The van der Waals surface area contributed by atoms with Gasteiger partial charge in [-0.1, -0.05) is 30.7 Å². The lowest BCUT2D eigenvalue weighted by molar-refractivity contribution is -0.133. The molecule has 3 nitrogen and oxygen atoms in total. The zero-order chi connectivity index (χ0) is 16.0. The molecule has 1 amide bonds. The largest absolute Gasteiger partial charge is 0.337 e. The lowest BCUT2D eigenvalue weighted by atomic mass is 10.0. The molecular weight excluding hydrogens is 284 g/mol. The predicted molar refractivity (Wildman–Crippen MR) is 89.6 cm³/mol. The van der Waals surface area contributed by atoms with Crippen LogP contribution in [-0.2, 0) is 4.79 Å². The Hall–Kier alpha value is -1.06. The van der Waals surface area contributed by atoms with Gasteiger partial charge in [-0.3, -0.25) is 4.79 Å². The van der Waals surface area contributed by atoms with Crippen molar-refractivity contribution in [1.82, 2.24) is 10.2 Å². The maximum Gasteiger partial charge on any atom is 0.237 e. The van der Waals surface area contributed by atoms with Crippen LogP contribution in [0.1, 0.15) is 52.6 Å². The third kappa shape index (κ3) is 5.33. The van der Waals surface area contributed by atoms with Crippen LogP contribution in [0.4, 0.5) is 0 Å². The number of hydrogen-bond acceptors (Lipinski definition) is 2. The smallest absolute Gasteiger partial charge is 0.237 e. The number of carbonyl (C=O) groups is 1. The third-order valence-corrected chi connectivity index (χ3v) is 3.83. The molecule has 0 spiro atoms. The number of rotatable bonds is 7. The highest BCUT2D eigenvalue weighted by Gasteiger charge is 2.20. The van der Waals surface area contributed by atoms with E-state index in [1.165, 1.54) is 0 Å². The van der Waals surface area contributed by atoms with Crippen LogP contribution >= 0.6 is 11.6 Å². The molecule has 0 aliphatic carbocycles. The summed E-state index contributed by atoms with van der Waals surface area (Å²) in [5, 5.41) is 4.09. The highest BCUT2D eigenvalue weighted by molar-refractivity contribution is 6.30. The number of amides is 1. The maximum absolute atomic E-state index is 12.4. The van der Waals surface area contributed by atoms with Gasteiger partial charge in [0.2, 0.25) is 5.91 Å². The molecule has 0 saturated carbocycles. The average Bonchev–Trinajstić information content (AvgIpc) is 2.40. The second-order valence-electron chi connectivity index (χ2n) is 5.88. The van der Waals surface area contributed by atoms with Gasteiger partial charge in [-0.15, -0.1) is 0 Å². The summed E-state index contributed by atoms with van der Waals surface area (Å²) in [4.78, 5) is 14.3. The quantitative estimate of drug-likeness (QED) is 0.824. The number of nitrogens with zero attached hydrogens (tertiary/aromatic N) is 1. The van der Waals surface area contributed by atoms with E-state index in [0.29, 0.717) is 6.54 Å². The predicted octanol–water partition coefficient (Wildman–Crippen LogP) is 4.03. The van der Waals surface area contributed by atoms with Crippen molar-refractivity contribution in [2.45, 2.75) is 59.2 Å². The lowest BCUT2D eigenvalue weighted by Crippen LogP contribution is -2.46. The molecule has 0 saturated heterocycles. The maximum atomic E-state index is 12.4. The Morgan fingerprint density at radius 3 is 2.10 bits per heavy atom. The van der Waals surface area contributed by atoms with E-state index in [4.69, 9.17) is 11.6 Å². The molecule has 0 aromatic heterocycles. The van der Waals surface area contributed by atoms with Gasteiger partial charge in [0.05, 0.1) is 6.54 Å². The van der Waals surface area contributed by atoms with Crippen molar-refractivity contribution >= 4 is 17.5 Å². The normalized spacial score (nSPS) is 12.8. The van der Waals surface area contributed by atoms with Crippen molar-refractivity contribution in [1.29, 1.82) is 0 Å². The highest BCUT2D eigenvalue weighted by Crippen LogP contribution is 2.19. The van der Waals surface area contributed by atoms with Crippen LogP contribution in [-0.4, -0.2) is 29.4 Å². The second kappa shape index (κ2) is 8.40. The summed E-state index contributed by atoms with van der Waals surface area (Å²) in [5.41, 5.74) is 1.16. The van der Waals surface area contributed by atoms with E-state index in [1.807, 2.05) is 56.9 Å². The van der Waals surface area contributed by atoms with Crippen LogP contribution in [0, 0.1) is 0 Å². The van der Waals surface area contributed by atoms with Gasteiger partial charge in [0, 0.05) is 23.1 Å². The molecule has 1 N–H and O–H groups in total. The average molecular weight is 311 g/mol. The van der Waals surface area contributed by atoms with Gasteiger partial charge in [0.1, 0.15) is 0 Å². The van der Waals surface area contributed by atoms with E-state index >= 15 is 0 Å². The van der Waals surface area contributed by atoms with Crippen molar-refractivity contribution in [3.05, 3.63) is 34.9 Å². The third-order valence-electron chi connectivity index (χ3n) is 3.58. The van der Waals surface area contributed by atoms with Crippen LogP contribution in [0.15, 0.2) is 24.3 Å². The second-order valence-corrected chi connectivity index (χ2v) is 6.32. The SMILES string of the molecule is CCC(NCC(=O)N(C(C)C)C(C)C)c1ccc(Cl)cc1. The van der Waals surface area contributed by atoms with E-state index < -0.39 is 0 Å². The molecule has 0 fully saturated rings. The first-order valence-electron chi connectivity index (χ1n) is 7.66. The molecule has 1 aromatic rings. The summed E-state index contributed by atoms with van der Waals surface area (Å²) in [6, 6.07) is 8.40. The number of nitrogens with one attached hydrogen (secondary N) is 1. The van der Waals surface area contributed by atoms with Gasteiger partial charge in [0.15, 0.2) is 0 Å². The van der Waals surface area contributed by atoms with E-state index in [0.717, 1.165) is 17.0 Å². The summed E-state index contributed by atoms with van der Waals surface area (Å²) < 4.78 is 0. The number of benzene rings is 1. The molecule has 1 unspecified atom stereocenters. The fraction of sp³-hybridized carbons (Fsp3) is 0.588. The van der Waals surface area contributed by atoms with Crippen molar-refractivity contribution in [3.8, 4) is 0 Å². The van der Waals surface area contributed by atoms with Crippen LogP contribution in [0.25, 0.3) is 0 Å². The topological polar surface area (TPSA) is 32.3 Å². The number of carbonyl (C=O) groups excluding carboxylic acids is 1. The molecule has 0 aliphatic rings. The fourth-order valence-electron chi connectivity index (χ4n) is 2.67. The standard InChI is InChI=1S/C17H27ClN2O/c1-6-16(14-7-9-15(18)10-8-14)19-11-17(21)20(12(2)3)13(4)5/h7-10,12-13,16,19H,6,11H2,1-5H3. The Morgan fingerprint density at radius 2 is 1.67 bits per heavy atom. The van der Waals surface area contributed by atoms with E-state index in [2.05, 4.69) is 12.2 Å². The highest BCUT2D eigenvalue weighted by atomic mass is 35.5. The fourth-order valence-corrected chi connectivity index (χ4v) is 2.79. The molecule has 0 radical (unpaired) electrons. The van der Waals surface area contributed by atoms with Gasteiger partial charge in [0.25, 0.3) is 0 Å². The zero-order valence-corrected chi connectivity index (χ0v) is 14.4. The molecule has 118 valence electrons.